The summed E-state index contributed by atoms with van der Waals surface area (Å²) >= 11 is 7.20. The molecule has 4 nitrogen and oxygen atoms in total. The Morgan fingerprint density at radius 2 is 2.00 bits per heavy atom. The quantitative estimate of drug-likeness (QED) is 0.836. The summed E-state index contributed by atoms with van der Waals surface area (Å²) in [6.45, 7) is 0. The van der Waals surface area contributed by atoms with Gasteiger partial charge in [-0.3, -0.25) is 0 Å². The maximum atomic E-state index is 13.2. The molecular weight excluding hydrogens is 337 g/mol. The van der Waals surface area contributed by atoms with Crippen LogP contribution in [0.3, 0.4) is 0 Å². The molecule has 4 rings (SSSR count). The molecule has 2 unspecified atom stereocenters. The van der Waals surface area contributed by atoms with Gasteiger partial charge in [0, 0.05) is 17.6 Å². The Morgan fingerprint density at radius 1 is 1.26 bits per heavy atom. The lowest BCUT2D eigenvalue weighted by atomic mass is 10.0. The van der Waals surface area contributed by atoms with Crippen LogP contribution in [-0.2, 0) is 0 Å². The van der Waals surface area contributed by atoms with Crippen LogP contribution < -0.4 is 4.74 Å². The van der Waals surface area contributed by atoms with Crippen molar-refractivity contribution in [1.82, 2.24) is 15.1 Å². The monoisotopic (exact) mass is 353 g/mol. The first kappa shape index (κ1) is 15.3. The molecule has 0 spiro atoms. The first-order valence-electron chi connectivity index (χ1n) is 7.77. The van der Waals surface area contributed by atoms with E-state index in [0.29, 0.717) is 22.3 Å². The molecule has 2 aliphatic rings. The number of ether oxygens (including phenoxy) is 1. The van der Waals surface area contributed by atoms with Crippen molar-refractivity contribution in [2.75, 3.05) is 7.05 Å². The van der Waals surface area contributed by atoms with Gasteiger partial charge < -0.3 is 9.64 Å². The first-order valence-corrected chi connectivity index (χ1v) is 8.97. The molecule has 0 N–H and O–H groups in total. The summed E-state index contributed by atoms with van der Waals surface area (Å²) in [5.74, 6) is -0.432. The molecule has 0 aliphatic carbocycles. The van der Waals surface area contributed by atoms with E-state index in [1.807, 2.05) is 0 Å². The molecule has 2 saturated heterocycles. The third-order valence-electron chi connectivity index (χ3n) is 4.90. The fourth-order valence-electron chi connectivity index (χ4n) is 3.60. The summed E-state index contributed by atoms with van der Waals surface area (Å²) in [5.41, 5.74) is 0.757. The molecule has 2 atom stereocenters. The van der Waals surface area contributed by atoms with Crippen LogP contribution in [0, 0.1) is 5.82 Å². The molecule has 2 aliphatic heterocycles. The Kier molecular flexibility index (Phi) is 3.99. The number of piperidine rings is 1. The lowest BCUT2D eigenvalue weighted by Gasteiger charge is -2.35. The van der Waals surface area contributed by atoms with Crippen LogP contribution in [0.2, 0.25) is 5.02 Å². The SMILES string of the molecule is CN1C2CCC1CC(Oc1nnc(-c3ccc(F)c(Cl)c3)s1)C2. The predicted molar refractivity (Wildman–Crippen MR) is 88.5 cm³/mol. The first-order chi connectivity index (χ1) is 11.1. The van der Waals surface area contributed by atoms with Crippen molar-refractivity contribution in [3.8, 4) is 15.8 Å². The maximum absolute atomic E-state index is 13.2. The average molecular weight is 354 g/mol. The highest BCUT2D eigenvalue weighted by atomic mass is 35.5. The number of hydrogen-bond donors (Lipinski definition) is 0. The highest BCUT2D eigenvalue weighted by Gasteiger charge is 2.39. The van der Waals surface area contributed by atoms with Crippen LogP contribution >= 0.6 is 22.9 Å². The lowest BCUT2D eigenvalue weighted by molar-refractivity contribution is 0.0655. The minimum absolute atomic E-state index is 0.0899. The minimum atomic E-state index is -0.432. The molecule has 1 aromatic carbocycles. The van der Waals surface area contributed by atoms with E-state index in [2.05, 4.69) is 22.1 Å². The van der Waals surface area contributed by atoms with Crippen molar-refractivity contribution in [3.63, 3.8) is 0 Å². The standard InChI is InChI=1S/C16H17ClFN3OS/c1-21-10-3-4-11(21)8-12(7-10)22-16-20-19-15(23-16)9-2-5-14(18)13(17)6-9/h2,5-6,10-12H,3-4,7-8H2,1H3. The van der Waals surface area contributed by atoms with E-state index in [9.17, 15) is 4.39 Å². The zero-order chi connectivity index (χ0) is 16.0. The molecule has 0 radical (unpaired) electrons. The van der Waals surface area contributed by atoms with Gasteiger partial charge in [-0.2, -0.15) is 0 Å². The van der Waals surface area contributed by atoms with Crippen LogP contribution in [0.25, 0.3) is 10.6 Å². The van der Waals surface area contributed by atoms with E-state index in [1.165, 1.54) is 30.2 Å². The van der Waals surface area contributed by atoms with Gasteiger partial charge in [-0.1, -0.05) is 28.0 Å². The second kappa shape index (κ2) is 6.00. The van der Waals surface area contributed by atoms with Crippen LogP contribution in [0.4, 0.5) is 4.39 Å². The van der Waals surface area contributed by atoms with Gasteiger partial charge in [-0.05, 0) is 50.9 Å². The largest absolute Gasteiger partial charge is 0.465 e. The Bertz CT molecular complexity index is 711. The van der Waals surface area contributed by atoms with Gasteiger partial charge in [0.15, 0.2) is 5.01 Å². The van der Waals surface area contributed by atoms with Gasteiger partial charge in [-0.15, -0.1) is 5.10 Å². The number of fused-ring (bicyclic) bond motifs is 2. The summed E-state index contributed by atoms with van der Waals surface area (Å²) < 4.78 is 19.3. The average Bonchev–Trinajstić information content (AvgIpc) is 3.04. The molecule has 0 amide bonds. The van der Waals surface area contributed by atoms with Crippen molar-refractivity contribution in [3.05, 3.63) is 29.0 Å². The third kappa shape index (κ3) is 2.95. The molecule has 7 heteroatoms. The maximum Gasteiger partial charge on any atom is 0.294 e. The van der Waals surface area contributed by atoms with Crippen LogP contribution in [-0.4, -0.2) is 40.3 Å². The molecule has 2 aromatic rings. The minimum Gasteiger partial charge on any atom is -0.465 e. The fourth-order valence-corrected chi connectivity index (χ4v) is 4.54. The summed E-state index contributed by atoms with van der Waals surface area (Å²) in [6.07, 6.45) is 4.82. The summed E-state index contributed by atoms with van der Waals surface area (Å²) in [4.78, 5) is 2.48. The molecule has 2 fully saturated rings. The van der Waals surface area contributed by atoms with Crippen molar-refractivity contribution >= 4 is 22.9 Å². The molecule has 23 heavy (non-hydrogen) atoms. The van der Waals surface area contributed by atoms with Crippen LogP contribution in [0.1, 0.15) is 25.7 Å². The smallest absolute Gasteiger partial charge is 0.294 e. The Hall–Kier alpha value is -1.24. The molecule has 3 heterocycles. The number of benzene rings is 1. The molecule has 1 aromatic heterocycles. The van der Waals surface area contributed by atoms with Gasteiger partial charge >= 0.3 is 0 Å². The number of rotatable bonds is 3. The number of halogens is 2. The van der Waals surface area contributed by atoms with Crippen molar-refractivity contribution in [1.29, 1.82) is 0 Å². The van der Waals surface area contributed by atoms with Gasteiger partial charge in [0.1, 0.15) is 11.9 Å². The van der Waals surface area contributed by atoms with E-state index in [4.69, 9.17) is 16.3 Å². The van der Waals surface area contributed by atoms with Crippen molar-refractivity contribution < 1.29 is 9.13 Å². The molecular formula is C16H17ClFN3OS. The number of hydrogen-bond acceptors (Lipinski definition) is 5. The Morgan fingerprint density at radius 3 is 2.70 bits per heavy atom. The van der Waals surface area contributed by atoms with Crippen LogP contribution in [0.5, 0.6) is 5.19 Å². The van der Waals surface area contributed by atoms with E-state index in [-0.39, 0.29) is 11.1 Å². The van der Waals surface area contributed by atoms with E-state index >= 15 is 0 Å². The van der Waals surface area contributed by atoms with Gasteiger partial charge in [-0.25, -0.2) is 4.39 Å². The van der Waals surface area contributed by atoms with Crippen molar-refractivity contribution in [2.24, 2.45) is 0 Å². The molecule has 0 saturated carbocycles. The lowest BCUT2D eigenvalue weighted by Crippen LogP contribution is -2.43. The Labute approximate surface area is 143 Å². The molecule has 122 valence electrons. The third-order valence-corrected chi connectivity index (χ3v) is 6.05. The predicted octanol–water partition coefficient (Wildman–Crippen LogP) is 4.00. The van der Waals surface area contributed by atoms with Crippen LogP contribution in [0.15, 0.2) is 18.2 Å². The summed E-state index contributed by atoms with van der Waals surface area (Å²) in [5, 5.41) is 9.63. The van der Waals surface area contributed by atoms with E-state index in [1.54, 1.807) is 12.1 Å². The summed E-state index contributed by atoms with van der Waals surface area (Å²) in [7, 11) is 2.21. The van der Waals surface area contributed by atoms with Gasteiger partial charge in [0.05, 0.1) is 5.02 Å². The highest BCUT2D eigenvalue weighted by molar-refractivity contribution is 7.16. The molecule has 2 bridgehead atoms. The Balaban J connectivity index is 1.47. The number of aromatic nitrogens is 2. The van der Waals surface area contributed by atoms with Crippen molar-refractivity contribution in [2.45, 2.75) is 43.9 Å². The highest BCUT2D eigenvalue weighted by Crippen LogP contribution is 2.37. The fraction of sp³-hybridized carbons (Fsp3) is 0.500. The topological polar surface area (TPSA) is 38.2 Å². The zero-order valence-electron chi connectivity index (χ0n) is 12.7. The zero-order valence-corrected chi connectivity index (χ0v) is 14.3. The van der Waals surface area contributed by atoms with E-state index in [0.717, 1.165) is 18.4 Å². The number of nitrogens with zero attached hydrogens (tertiary/aromatic N) is 3. The second-order valence-corrected chi connectivity index (χ2v) is 7.61. The normalized spacial score (nSPS) is 27.3. The van der Waals surface area contributed by atoms with Gasteiger partial charge in [0.2, 0.25) is 0 Å². The van der Waals surface area contributed by atoms with E-state index < -0.39 is 5.82 Å². The van der Waals surface area contributed by atoms with Gasteiger partial charge in [0.25, 0.3) is 5.19 Å². The second-order valence-electron chi connectivity index (χ2n) is 6.26. The summed E-state index contributed by atoms with van der Waals surface area (Å²) in [6, 6.07) is 5.82.